The van der Waals surface area contributed by atoms with Gasteiger partial charge in [-0.15, -0.1) is 0 Å². The number of aliphatic imine (C=N–C) groups is 1. The van der Waals surface area contributed by atoms with Crippen molar-refractivity contribution in [1.29, 1.82) is 0 Å². The zero-order chi connectivity index (χ0) is 21.0. The standard InChI is InChI=1S/C25H27N3O/c1-16-6-10-21(11-7-16)26-24(27-22-12-8-17(2)14-19(22)4)25(29)28-23-13-9-18(3)15-20(23)5/h6-15H,1-5H3,(H,26,27)(H,28,29). The van der Waals surface area contributed by atoms with Gasteiger partial charge in [0, 0.05) is 11.4 Å². The lowest BCUT2D eigenvalue weighted by atomic mass is 10.1. The molecule has 1 amide bonds. The molecule has 0 aliphatic carbocycles. The maximum atomic E-state index is 13.1. The van der Waals surface area contributed by atoms with Gasteiger partial charge in [-0.3, -0.25) is 4.79 Å². The first kappa shape index (κ1) is 20.3. The second-order valence-electron chi connectivity index (χ2n) is 7.51. The van der Waals surface area contributed by atoms with Gasteiger partial charge < -0.3 is 10.6 Å². The quantitative estimate of drug-likeness (QED) is 0.428. The van der Waals surface area contributed by atoms with E-state index in [1.807, 2.05) is 89.2 Å². The number of anilines is 2. The lowest BCUT2D eigenvalue weighted by molar-refractivity contribution is -0.110. The summed E-state index contributed by atoms with van der Waals surface area (Å²) in [6.45, 7) is 10.1. The van der Waals surface area contributed by atoms with Gasteiger partial charge in [-0.1, -0.05) is 53.1 Å². The molecule has 4 nitrogen and oxygen atoms in total. The largest absolute Gasteiger partial charge is 0.336 e. The molecule has 0 fully saturated rings. The van der Waals surface area contributed by atoms with Crippen LogP contribution in [0.1, 0.15) is 27.8 Å². The summed E-state index contributed by atoms with van der Waals surface area (Å²) in [4.78, 5) is 17.8. The maximum Gasteiger partial charge on any atom is 0.291 e. The van der Waals surface area contributed by atoms with E-state index in [2.05, 4.69) is 21.7 Å². The Bertz CT molecular complexity index is 1070. The van der Waals surface area contributed by atoms with E-state index in [4.69, 9.17) is 0 Å². The Morgan fingerprint density at radius 3 is 1.90 bits per heavy atom. The summed E-state index contributed by atoms with van der Waals surface area (Å²) in [5.74, 6) is -0.0294. The monoisotopic (exact) mass is 385 g/mol. The third kappa shape index (κ3) is 5.32. The van der Waals surface area contributed by atoms with E-state index < -0.39 is 0 Å². The topological polar surface area (TPSA) is 53.5 Å². The molecule has 2 N–H and O–H groups in total. The van der Waals surface area contributed by atoms with Crippen LogP contribution in [0.15, 0.2) is 65.7 Å². The molecule has 0 atom stereocenters. The van der Waals surface area contributed by atoms with Crippen LogP contribution in [0.3, 0.4) is 0 Å². The van der Waals surface area contributed by atoms with E-state index >= 15 is 0 Å². The number of rotatable bonds is 3. The number of amidine groups is 1. The smallest absolute Gasteiger partial charge is 0.291 e. The molecule has 0 spiro atoms. The van der Waals surface area contributed by atoms with Crippen molar-refractivity contribution in [3.8, 4) is 0 Å². The van der Waals surface area contributed by atoms with Crippen molar-refractivity contribution in [2.24, 2.45) is 4.99 Å². The summed E-state index contributed by atoms with van der Waals surface area (Å²) in [5.41, 5.74) is 7.86. The predicted molar refractivity (Wildman–Crippen MR) is 122 cm³/mol. The third-order valence-corrected chi connectivity index (χ3v) is 4.74. The van der Waals surface area contributed by atoms with E-state index in [9.17, 15) is 4.79 Å². The summed E-state index contributed by atoms with van der Waals surface area (Å²) < 4.78 is 0. The first-order valence-electron chi connectivity index (χ1n) is 9.70. The van der Waals surface area contributed by atoms with Crippen molar-refractivity contribution < 1.29 is 4.79 Å². The fourth-order valence-electron chi connectivity index (χ4n) is 3.10. The molecule has 0 unspecified atom stereocenters. The third-order valence-electron chi connectivity index (χ3n) is 4.74. The molecular weight excluding hydrogens is 358 g/mol. The highest BCUT2D eigenvalue weighted by Crippen LogP contribution is 2.21. The number of hydrogen-bond donors (Lipinski definition) is 2. The molecule has 0 aliphatic rings. The average Bonchev–Trinajstić information content (AvgIpc) is 2.67. The normalized spacial score (nSPS) is 11.3. The number of amides is 1. The van der Waals surface area contributed by atoms with E-state index in [0.29, 0.717) is 0 Å². The molecule has 3 rings (SSSR count). The van der Waals surface area contributed by atoms with Crippen LogP contribution < -0.4 is 10.6 Å². The predicted octanol–water partition coefficient (Wildman–Crippen LogP) is 6.01. The number of benzene rings is 3. The highest BCUT2D eigenvalue weighted by Gasteiger charge is 2.14. The Labute approximate surface area is 172 Å². The lowest BCUT2D eigenvalue weighted by Gasteiger charge is -2.13. The summed E-state index contributed by atoms with van der Waals surface area (Å²) in [6, 6.07) is 19.8. The van der Waals surface area contributed by atoms with Crippen LogP contribution >= 0.6 is 0 Å². The SMILES string of the molecule is Cc1ccc(NC(=Nc2ccc(C)cc2C)C(=O)Nc2ccc(C)cc2C)cc1. The van der Waals surface area contributed by atoms with Gasteiger partial charge in [-0.25, -0.2) is 4.99 Å². The molecule has 3 aromatic carbocycles. The molecule has 0 heterocycles. The number of aryl methyl sites for hydroxylation is 5. The second-order valence-corrected chi connectivity index (χ2v) is 7.51. The Hall–Kier alpha value is -3.40. The minimum atomic E-state index is -0.280. The van der Waals surface area contributed by atoms with E-state index in [1.54, 1.807) is 0 Å². The Morgan fingerprint density at radius 1 is 0.690 bits per heavy atom. The van der Waals surface area contributed by atoms with Gasteiger partial charge in [0.15, 0.2) is 5.84 Å². The number of hydrogen-bond acceptors (Lipinski definition) is 2. The summed E-state index contributed by atoms with van der Waals surface area (Å²) in [6.07, 6.45) is 0. The highest BCUT2D eigenvalue weighted by molar-refractivity contribution is 6.46. The zero-order valence-electron chi connectivity index (χ0n) is 17.6. The van der Waals surface area contributed by atoms with Gasteiger partial charge >= 0.3 is 0 Å². The van der Waals surface area contributed by atoms with E-state index in [1.165, 1.54) is 0 Å². The van der Waals surface area contributed by atoms with Crippen LogP contribution in [0.25, 0.3) is 0 Å². The molecule has 0 saturated heterocycles. The van der Waals surface area contributed by atoms with E-state index in [-0.39, 0.29) is 11.7 Å². The second kappa shape index (κ2) is 8.74. The van der Waals surface area contributed by atoms with Gasteiger partial charge in [0.1, 0.15) is 0 Å². The van der Waals surface area contributed by atoms with Gasteiger partial charge in [-0.2, -0.15) is 0 Å². The van der Waals surface area contributed by atoms with Crippen molar-refractivity contribution in [3.05, 3.63) is 88.5 Å². The Balaban J connectivity index is 1.95. The minimum absolute atomic E-state index is 0.251. The molecule has 148 valence electrons. The zero-order valence-corrected chi connectivity index (χ0v) is 17.6. The molecule has 0 saturated carbocycles. The molecule has 0 radical (unpaired) electrons. The van der Waals surface area contributed by atoms with Crippen molar-refractivity contribution in [2.75, 3.05) is 10.6 Å². The number of nitrogens with one attached hydrogen (secondary N) is 2. The summed E-state index contributed by atoms with van der Waals surface area (Å²) in [7, 11) is 0. The van der Waals surface area contributed by atoms with Crippen LogP contribution in [0.5, 0.6) is 0 Å². The fourth-order valence-corrected chi connectivity index (χ4v) is 3.10. The van der Waals surface area contributed by atoms with Gasteiger partial charge in [-0.05, 0) is 70.0 Å². The van der Waals surface area contributed by atoms with Crippen LogP contribution in [-0.2, 0) is 4.79 Å². The van der Waals surface area contributed by atoms with Crippen LogP contribution in [0.2, 0.25) is 0 Å². The lowest BCUT2D eigenvalue weighted by Crippen LogP contribution is -2.29. The number of carbonyl (C=O) groups is 1. The van der Waals surface area contributed by atoms with Crippen LogP contribution in [-0.4, -0.2) is 11.7 Å². The molecule has 0 aliphatic heterocycles. The van der Waals surface area contributed by atoms with Gasteiger partial charge in [0.25, 0.3) is 5.91 Å². The summed E-state index contributed by atoms with van der Waals surface area (Å²) in [5, 5.41) is 6.17. The Morgan fingerprint density at radius 2 is 1.28 bits per heavy atom. The summed E-state index contributed by atoms with van der Waals surface area (Å²) >= 11 is 0. The van der Waals surface area contributed by atoms with Crippen molar-refractivity contribution in [1.82, 2.24) is 0 Å². The number of nitrogens with zero attached hydrogens (tertiary/aromatic N) is 1. The number of carbonyl (C=O) groups excluding carboxylic acids is 1. The first-order valence-corrected chi connectivity index (χ1v) is 9.70. The average molecular weight is 386 g/mol. The molecule has 0 aromatic heterocycles. The molecule has 29 heavy (non-hydrogen) atoms. The molecule has 3 aromatic rings. The van der Waals surface area contributed by atoms with E-state index in [0.717, 1.165) is 44.9 Å². The van der Waals surface area contributed by atoms with Crippen molar-refractivity contribution >= 4 is 28.8 Å². The van der Waals surface area contributed by atoms with Crippen molar-refractivity contribution in [2.45, 2.75) is 34.6 Å². The van der Waals surface area contributed by atoms with Crippen LogP contribution in [0, 0.1) is 34.6 Å². The minimum Gasteiger partial charge on any atom is -0.336 e. The van der Waals surface area contributed by atoms with Crippen LogP contribution in [0.4, 0.5) is 17.1 Å². The first-order chi connectivity index (χ1) is 13.8. The highest BCUT2D eigenvalue weighted by atomic mass is 16.2. The molecular formula is C25H27N3O. The molecule has 0 bridgehead atoms. The maximum absolute atomic E-state index is 13.1. The van der Waals surface area contributed by atoms with Gasteiger partial charge in [0.05, 0.1) is 5.69 Å². The Kier molecular flexibility index (Phi) is 6.13. The fraction of sp³-hybridized carbons (Fsp3) is 0.200. The van der Waals surface area contributed by atoms with Gasteiger partial charge in [0.2, 0.25) is 0 Å². The van der Waals surface area contributed by atoms with Crippen molar-refractivity contribution in [3.63, 3.8) is 0 Å². The molecule has 4 heteroatoms.